The number of hydrogen-bond acceptors (Lipinski definition) is 8. The van der Waals surface area contributed by atoms with Crippen molar-refractivity contribution in [2.45, 2.75) is 71.6 Å². The van der Waals surface area contributed by atoms with Crippen molar-refractivity contribution in [1.82, 2.24) is 19.9 Å². The molecule has 2 aromatic carbocycles. The van der Waals surface area contributed by atoms with Crippen LogP contribution in [0.4, 0.5) is 0 Å². The Bertz CT molecular complexity index is 1840. The molecule has 48 heavy (non-hydrogen) atoms. The number of aromatic nitrogens is 4. The van der Waals surface area contributed by atoms with E-state index < -0.39 is 31.1 Å². The van der Waals surface area contributed by atoms with Gasteiger partial charge in [0.1, 0.15) is 19.5 Å². The zero-order valence-electron chi connectivity index (χ0n) is 28.0. The Morgan fingerprint density at radius 3 is 0.854 bits per heavy atom. The average molecular weight is 731 g/mol. The molecule has 0 radical (unpaired) electrons. The van der Waals surface area contributed by atoms with Gasteiger partial charge in [-0.3, -0.25) is 0 Å². The largest absolute Gasteiger partial charge is 0.349 e. The van der Waals surface area contributed by atoms with Gasteiger partial charge in [-0.05, 0) is 111 Å². The van der Waals surface area contributed by atoms with E-state index in [0.717, 1.165) is 44.3 Å². The van der Waals surface area contributed by atoms with E-state index in [4.69, 9.17) is 85.3 Å². The highest BCUT2D eigenvalue weighted by molar-refractivity contribution is 6.33. The van der Waals surface area contributed by atoms with E-state index in [9.17, 15) is 0 Å². The van der Waals surface area contributed by atoms with Crippen molar-refractivity contribution in [3.05, 3.63) is 69.3 Å². The van der Waals surface area contributed by atoms with Crippen LogP contribution in [0, 0.1) is 51.4 Å². The first-order valence-electron chi connectivity index (χ1n) is 16.3. The lowest BCUT2D eigenvalue weighted by molar-refractivity contribution is -0.241. The van der Waals surface area contributed by atoms with Crippen LogP contribution in [0.2, 0.25) is 0 Å². The van der Waals surface area contributed by atoms with E-state index in [2.05, 4.69) is 27.7 Å². The molecule has 4 aromatic rings. The number of fused-ring (bicyclic) bond motifs is 18. The van der Waals surface area contributed by atoms with Gasteiger partial charge in [0.15, 0.2) is 0 Å². The van der Waals surface area contributed by atoms with Crippen molar-refractivity contribution in [3.63, 3.8) is 0 Å². The normalized spacial score (nSPS) is 37.6. The van der Waals surface area contributed by atoms with Crippen LogP contribution in [-0.2, 0) is 38.4 Å². The van der Waals surface area contributed by atoms with Crippen molar-refractivity contribution in [3.8, 4) is 0 Å². The summed E-state index contributed by atoms with van der Waals surface area (Å²) in [5.41, 5.74) is 9.70. The third kappa shape index (κ3) is 2.97. The third-order valence-electron chi connectivity index (χ3n) is 13.0. The molecule has 0 N–H and O–H groups in total. The van der Waals surface area contributed by atoms with Crippen LogP contribution in [0.5, 0.6) is 0 Å². The van der Waals surface area contributed by atoms with Crippen molar-refractivity contribution in [1.29, 1.82) is 0 Å². The lowest BCUT2D eigenvalue weighted by atomic mass is 9.59. The molecular weight excluding hydrogens is 694 g/mol. The number of halogens is 4. The second kappa shape index (κ2) is 9.51. The molecule has 0 aliphatic heterocycles. The maximum Gasteiger partial charge on any atom is 0.219 e. The summed E-state index contributed by atoms with van der Waals surface area (Å²) in [6, 6.07) is 8.15. The minimum Gasteiger partial charge on any atom is -0.349 e. The molecule has 252 valence electrons. The fourth-order valence-electron chi connectivity index (χ4n) is 10.8. The number of nitrogens with zero attached hydrogens (tertiary/aromatic N) is 4. The van der Waals surface area contributed by atoms with Gasteiger partial charge in [-0.2, -0.15) is 0 Å². The van der Waals surface area contributed by atoms with Crippen LogP contribution in [-0.4, -0.2) is 59.9 Å². The molecule has 2 heterocycles. The molecule has 4 bridgehead atoms. The van der Waals surface area contributed by atoms with Crippen molar-refractivity contribution >= 4 is 68.5 Å². The van der Waals surface area contributed by atoms with Gasteiger partial charge in [-0.1, -0.05) is 0 Å². The second-order valence-electron chi connectivity index (χ2n) is 14.5. The zero-order valence-corrected chi connectivity index (χ0v) is 31.0. The van der Waals surface area contributed by atoms with Gasteiger partial charge in [0.05, 0.1) is 44.8 Å². The lowest BCUT2D eigenvalue weighted by Gasteiger charge is -2.49. The first-order valence-corrected chi connectivity index (χ1v) is 17.8. The molecule has 5 aliphatic carbocycles. The summed E-state index contributed by atoms with van der Waals surface area (Å²) >= 11 is 32.0. The van der Waals surface area contributed by atoms with E-state index in [-0.39, 0.29) is 23.7 Å². The van der Waals surface area contributed by atoms with Crippen LogP contribution in [0.1, 0.15) is 57.9 Å². The van der Waals surface area contributed by atoms with Crippen LogP contribution in [0.25, 0.3) is 22.1 Å². The summed E-state index contributed by atoms with van der Waals surface area (Å²) in [6.45, 7) is 8.23. The minimum absolute atomic E-state index is 0.285. The van der Waals surface area contributed by atoms with E-state index in [1.807, 2.05) is 24.3 Å². The quantitative estimate of drug-likeness (QED) is 0.157. The second-order valence-corrected chi connectivity index (χ2v) is 16.9. The molecule has 8 nitrogen and oxygen atoms in total. The summed E-state index contributed by atoms with van der Waals surface area (Å²) in [4.78, 5) is 15.5. The summed E-state index contributed by atoms with van der Waals surface area (Å²) in [7, 11) is 6.36. The number of benzene rings is 2. The van der Waals surface area contributed by atoms with Gasteiger partial charge in [0, 0.05) is 28.4 Å². The fraction of sp³-hybridized carbons (Fsp3) is 0.556. The molecule has 0 spiro atoms. The first-order chi connectivity index (χ1) is 22.7. The van der Waals surface area contributed by atoms with Gasteiger partial charge in [-0.25, -0.2) is 19.9 Å². The maximum absolute atomic E-state index is 8.00. The number of rotatable bonds is 4. The van der Waals surface area contributed by atoms with Crippen LogP contribution < -0.4 is 0 Å². The molecule has 0 unspecified atom stereocenters. The Balaban J connectivity index is 1.29. The summed E-state index contributed by atoms with van der Waals surface area (Å²) in [6.07, 6.45) is 1.01. The van der Waals surface area contributed by atoms with Gasteiger partial charge in [0.2, 0.25) is 11.6 Å². The molecule has 8 atom stereocenters. The summed E-state index contributed by atoms with van der Waals surface area (Å²) in [5.74, 6) is -4.10. The van der Waals surface area contributed by atoms with E-state index in [1.54, 1.807) is 28.4 Å². The van der Waals surface area contributed by atoms with Crippen molar-refractivity contribution in [2.24, 2.45) is 23.7 Å². The van der Waals surface area contributed by atoms with Crippen molar-refractivity contribution in [2.75, 3.05) is 28.4 Å². The van der Waals surface area contributed by atoms with E-state index >= 15 is 0 Å². The molecule has 3 fully saturated rings. The standard InChI is InChI=1S/C36H36Cl4N4O4/c1-15-9-23-24(10-16(15)2)42-28-27(41-23)31(37)19-13-21-22(14-20(19)32(28,38)35(31,45-5)46-6)34(40)30-29(33(21,39)36(34,47-7)48-8)43-25-11-17(3)18(4)12-26(25)44-30/h9-12,19-22H,13-14H2,1-8H3/t19-,20+,21+,22-,31-,32+,33+,34-. The Kier molecular flexibility index (Phi) is 6.35. The van der Waals surface area contributed by atoms with E-state index in [1.165, 1.54) is 0 Å². The fourth-order valence-corrected chi connectivity index (χ4v) is 13.6. The highest BCUT2D eigenvalue weighted by Gasteiger charge is 2.91. The monoisotopic (exact) mass is 728 g/mol. The molecular formula is C36H36Cl4N4O4. The number of aryl methyl sites for hydroxylation is 4. The van der Waals surface area contributed by atoms with Crippen molar-refractivity contribution < 1.29 is 18.9 Å². The molecule has 0 amide bonds. The van der Waals surface area contributed by atoms with Gasteiger partial charge < -0.3 is 18.9 Å². The Hall–Kier alpha value is -1.88. The van der Waals surface area contributed by atoms with Gasteiger partial charge in [0.25, 0.3) is 0 Å². The highest BCUT2D eigenvalue weighted by atomic mass is 35.5. The predicted octanol–water partition coefficient (Wildman–Crippen LogP) is 7.53. The lowest BCUT2D eigenvalue weighted by Crippen LogP contribution is -2.54. The molecule has 3 saturated carbocycles. The van der Waals surface area contributed by atoms with Crippen LogP contribution in [0.3, 0.4) is 0 Å². The zero-order chi connectivity index (χ0) is 34.1. The topological polar surface area (TPSA) is 88.5 Å². The van der Waals surface area contributed by atoms with E-state index in [0.29, 0.717) is 35.6 Å². The molecule has 12 heteroatoms. The molecule has 2 aromatic heterocycles. The number of methoxy groups -OCH3 is 4. The number of alkyl halides is 4. The first kappa shape index (κ1) is 32.1. The SMILES string of the molecule is COC1(OC)[C@@]2(Cl)c3nc4cc(C)c(C)cc4nc3[C@]1(Cl)[C@@H]1C[C@H]3[C@@H](C[C@@H]12)[C@@]1(Cl)c2nc4cc(C)c(C)cc4nc2[C@]3(Cl)C1(OC)OC. The Labute approximate surface area is 299 Å². The van der Waals surface area contributed by atoms with Crippen LogP contribution >= 0.6 is 46.4 Å². The molecule has 9 rings (SSSR count). The highest BCUT2D eigenvalue weighted by Crippen LogP contribution is 2.84. The van der Waals surface area contributed by atoms with Crippen LogP contribution in [0.15, 0.2) is 24.3 Å². The Morgan fingerprint density at radius 2 is 0.667 bits per heavy atom. The molecule has 0 saturated heterocycles. The smallest absolute Gasteiger partial charge is 0.219 e. The number of hydrogen-bond donors (Lipinski definition) is 0. The number of ether oxygens (including phenoxy) is 4. The summed E-state index contributed by atoms with van der Waals surface area (Å²) < 4.78 is 25.4. The average Bonchev–Trinajstić information content (AvgIpc) is 3.50. The minimum atomic E-state index is -1.48. The summed E-state index contributed by atoms with van der Waals surface area (Å²) in [5, 5.41) is 0. The maximum atomic E-state index is 8.00. The van der Waals surface area contributed by atoms with Gasteiger partial charge >= 0.3 is 0 Å². The predicted molar refractivity (Wildman–Crippen MR) is 185 cm³/mol. The third-order valence-corrected chi connectivity index (χ3v) is 15.9. The Morgan fingerprint density at radius 1 is 0.458 bits per heavy atom. The molecule has 5 aliphatic rings. The van der Waals surface area contributed by atoms with Gasteiger partial charge in [-0.15, -0.1) is 46.4 Å².